The van der Waals surface area contributed by atoms with Crippen molar-refractivity contribution in [1.29, 1.82) is 0 Å². The molecule has 12 bridgehead atoms. The molecular weight excluding hydrogens is 1480 g/mol. The number of cyclic esters (lactones) is 2. The number of nitrogens with two attached hydrogens (primary N) is 1. The number of amides is 6. The number of hydrogen-bond acceptors (Lipinski definition) is 32. The molecule has 2 fully saturated rings. The average molecular weight is 1550 g/mol. The summed E-state index contributed by atoms with van der Waals surface area (Å²) in [6, 6.07) is 1.12. The Labute approximate surface area is 622 Å². The van der Waals surface area contributed by atoms with Crippen LogP contribution in [0.4, 0.5) is 0 Å². The number of aromatic nitrogens is 7. The Morgan fingerprint density at radius 3 is 2.26 bits per heavy atom. The first kappa shape index (κ1) is 74.6. The van der Waals surface area contributed by atoms with Crippen LogP contribution in [0.1, 0.15) is 125 Å². The topological polar surface area (TPSA) is 446 Å². The number of thiazole rings is 5. The number of aromatic hydroxyl groups is 1. The molecule has 0 saturated carbocycles. The summed E-state index contributed by atoms with van der Waals surface area (Å²) in [5.74, 6) is -8.00. The van der Waals surface area contributed by atoms with E-state index in [1.54, 1.807) is 56.4 Å². The molecule has 12 heterocycles. The number of morpholine rings is 1. The lowest BCUT2D eigenvalue weighted by Crippen LogP contribution is -2.62. The number of aliphatic hydroxyl groups is 2. The van der Waals surface area contributed by atoms with E-state index in [4.69, 9.17) is 58.7 Å². The number of carbonyl (C=O) groups is 8. The minimum atomic E-state index is -1.90. The molecule has 0 spiro atoms. The number of benzene rings is 1. The second-order valence-corrected chi connectivity index (χ2v) is 30.0. The van der Waals surface area contributed by atoms with Crippen molar-refractivity contribution in [2.45, 2.75) is 108 Å². The monoisotopic (exact) mass is 1550 g/mol. The van der Waals surface area contributed by atoms with Crippen LogP contribution >= 0.6 is 56.7 Å². The van der Waals surface area contributed by atoms with Gasteiger partial charge < -0.3 is 90.5 Å². The van der Waals surface area contributed by atoms with Crippen LogP contribution in [0.25, 0.3) is 49.3 Å². The molecule has 1 aromatic carbocycles. The van der Waals surface area contributed by atoms with Gasteiger partial charge in [0.2, 0.25) is 5.91 Å². The first-order valence-electron chi connectivity index (χ1n) is 33.0. The van der Waals surface area contributed by atoms with Gasteiger partial charge in [0.05, 0.1) is 62.0 Å². The Hall–Kier alpha value is -9.62. The van der Waals surface area contributed by atoms with E-state index < -0.39 is 139 Å². The number of esters is 2. The third kappa shape index (κ3) is 15.4. The molecule has 10 unspecified atom stereocenters. The SMILES string of the molecule is C=C(NC(=O)c1csc(-c2nc3c(cc2O)-c2nc(cs2)C(=O)NC(C(C)O)C(=O)N/C(=C(\C)OC)c2nc(cs2)C(=O)NC2c4nc(cs4)C(=O)NC(COC(=O)c4c5c6c(cccc6n4OCCN4CCOCC4)COC(=O)C(OC4CC(C)(O)C(N(C)C)C(C)O4)C2OC5)c2nc-3cs2)n1)C(N)=O. The number of likely N-dealkylation sites (N-methyl/N-ethyl adjacent to an activating group) is 1. The van der Waals surface area contributed by atoms with E-state index in [9.17, 15) is 34.5 Å². The molecule has 13 rings (SSSR count). The highest BCUT2D eigenvalue weighted by Crippen LogP contribution is 2.43. The van der Waals surface area contributed by atoms with Gasteiger partial charge in [-0.2, -0.15) is 4.73 Å². The van der Waals surface area contributed by atoms with Crippen molar-refractivity contribution in [3.05, 3.63) is 124 Å². The third-order valence-electron chi connectivity index (χ3n) is 18.0. The lowest BCUT2D eigenvalue weighted by molar-refractivity contribution is -0.280. The summed E-state index contributed by atoms with van der Waals surface area (Å²) < 4.78 is 45.5. The van der Waals surface area contributed by atoms with Crippen LogP contribution in [0.15, 0.2) is 69.2 Å². The van der Waals surface area contributed by atoms with E-state index in [-0.39, 0.29) is 106 Å². The summed E-state index contributed by atoms with van der Waals surface area (Å²) in [5.41, 5.74) is 2.97. The number of nitrogens with zero attached hydrogens (tertiary/aromatic N) is 9. The fourth-order valence-electron chi connectivity index (χ4n) is 12.9. The molecule has 2 saturated heterocycles. The standard InChI is InChI=1S/C67H71N15O19S5/c1-28(54(68)85)69-55(86)37-25-105-63(74-37)48-42(84)18-33-47(76-48)36-23-103-61(71-36)35-22-98-65(91)50-34-21-96-51(52(101-43-19-67(5,93)53(80(6)7)31(4)100-43)66(92)97-20-32-10-9-11-41(44(32)34)82(50)99-17-14-81-12-15-95-16-13-81)49(64-75-38(26-106-64)56(87)70-35)79-58(89)40-27-104-62(73-40)46(30(3)94-8)78-59(90)45(29(2)83)77-57(88)39-24-102-60(33)72-39/h9-11,18,23-27,29,31,35,43,45,49,51-53,83-84,93H,1,12-17,19-22H2,2-8H3,(H2,68,85)(H,69,86)(H,70,87)(H,77,88)(H,78,90)(H,79,89)/b46-30+. The maximum absolute atomic E-state index is 15.7. The van der Waals surface area contributed by atoms with Crippen molar-refractivity contribution in [1.82, 2.24) is 71.0 Å². The van der Waals surface area contributed by atoms with Crippen molar-refractivity contribution in [3.63, 3.8) is 0 Å². The maximum Gasteiger partial charge on any atom is 0.358 e. The van der Waals surface area contributed by atoms with Crippen LogP contribution in [-0.2, 0) is 60.8 Å². The predicted octanol–water partition coefficient (Wildman–Crippen LogP) is 3.42. The molecule has 0 aliphatic carbocycles. The van der Waals surface area contributed by atoms with Crippen LogP contribution in [-0.4, -0.2) is 223 Å². The zero-order valence-corrected chi connectivity index (χ0v) is 61.8. The average Bonchev–Trinajstić information content (AvgIpc) is 1.64. The molecule has 106 heavy (non-hydrogen) atoms. The number of allylic oxidation sites excluding steroid dienone is 1. The van der Waals surface area contributed by atoms with E-state index >= 15 is 19.2 Å². The minimum absolute atomic E-state index is 0.00225. The van der Waals surface area contributed by atoms with Crippen molar-refractivity contribution in [2.24, 2.45) is 5.73 Å². The zero-order chi connectivity index (χ0) is 75.2. The molecule has 5 aliphatic rings. The molecule has 10 N–H and O–H groups in total. The lowest BCUT2D eigenvalue weighted by atomic mass is 9.85. The first-order chi connectivity index (χ1) is 50.7. The summed E-state index contributed by atoms with van der Waals surface area (Å²) in [5, 5.41) is 56.1. The van der Waals surface area contributed by atoms with Gasteiger partial charge >= 0.3 is 11.9 Å². The number of rotatable bonds is 13. The van der Waals surface area contributed by atoms with Crippen LogP contribution in [0.2, 0.25) is 0 Å². The van der Waals surface area contributed by atoms with E-state index in [0.717, 1.165) is 56.7 Å². The Morgan fingerprint density at radius 1 is 0.858 bits per heavy atom. The van der Waals surface area contributed by atoms with Crippen molar-refractivity contribution < 1.29 is 91.7 Å². The second kappa shape index (κ2) is 31.1. The van der Waals surface area contributed by atoms with Gasteiger partial charge in [0.25, 0.3) is 29.5 Å². The quantitative estimate of drug-likeness (QED) is 0.0453. The number of primary amides is 1. The first-order valence-corrected chi connectivity index (χ1v) is 37.4. The minimum Gasteiger partial charge on any atom is -0.506 e. The molecule has 6 amide bonds. The number of pyridine rings is 1. The van der Waals surface area contributed by atoms with Gasteiger partial charge in [0.1, 0.15) is 126 Å². The maximum atomic E-state index is 15.7. The van der Waals surface area contributed by atoms with Gasteiger partial charge in [-0.3, -0.25) is 33.7 Å². The third-order valence-corrected chi connectivity index (χ3v) is 22.5. The van der Waals surface area contributed by atoms with Gasteiger partial charge in [0, 0.05) is 69.5 Å². The molecule has 558 valence electrons. The highest BCUT2D eigenvalue weighted by Gasteiger charge is 2.50. The number of ether oxygens (including phenoxy) is 7. The van der Waals surface area contributed by atoms with Crippen molar-refractivity contribution >= 4 is 121 Å². The number of nitrogens with one attached hydrogen (secondary N) is 5. The number of methoxy groups -OCH3 is 1. The van der Waals surface area contributed by atoms with Gasteiger partial charge in [-0.25, -0.2) is 39.5 Å². The van der Waals surface area contributed by atoms with E-state index in [0.29, 0.717) is 49.3 Å². The summed E-state index contributed by atoms with van der Waals surface area (Å²) in [6.45, 7) is 10.5. The fraction of sp³-hybridized carbons (Fsp3) is 0.403. The van der Waals surface area contributed by atoms with Crippen LogP contribution < -0.4 is 37.2 Å². The fourth-order valence-corrected chi connectivity index (χ4v) is 17.1. The molecule has 39 heteroatoms. The molecule has 7 aromatic heterocycles. The van der Waals surface area contributed by atoms with E-state index in [1.807, 2.05) is 0 Å². The Morgan fingerprint density at radius 2 is 1.54 bits per heavy atom. The largest absolute Gasteiger partial charge is 0.506 e. The molecule has 5 aliphatic heterocycles. The Balaban J connectivity index is 1.00. The Kier molecular flexibility index (Phi) is 21.9. The van der Waals surface area contributed by atoms with Gasteiger partial charge in [0.15, 0.2) is 18.1 Å². The van der Waals surface area contributed by atoms with Gasteiger partial charge in [-0.15, -0.1) is 56.7 Å². The number of carbonyl (C=O) groups excluding carboxylic acids is 8. The Bertz CT molecular complexity index is 4820. The molecule has 34 nitrogen and oxygen atoms in total. The number of aliphatic hydroxyl groups excluding tert-OH is 1. The zero-order valence-electron chi connectivity index (χ0n) is 57.7. The summed E-state index contributed by atoms with van der Waals surface area (Å²) in [7, 11) is 4.88. The molecule has 0 radical (unpaired) electrons. The highest BCUT2D eigenvalue weighted by molar-refractivity contribution is 7.14. The van der Waals surface area contributed by atoms with Crippen molar-refractivity contribution in [2.75, 3.05) is 67.3 Å². The van der Waals surface area contributed by atoms with E-state index in [2.05, 4.69) is 53.0 Å². The summed E-state index contributed by atoms with van der Waals surface area (Å²) in [6.07, 6.45) is -7.50. The summed E-state index contributed by atoms with van der Waals surface area (Å²) >= 11 is 4.57. The molecular formula is C67H71N15O19S5. The smallest absolute Gasteiger partial charge is 0.358 e. The van der Waals surface area contributed by atoms with Crippen LogP contribution in [0.5, 0.6) is 5.75 Å². The number of fused-ring (bicyclic) bond motifs is 15. The summed E-state index contributed by atoms with van der Waals surface area (Å²) in [4.78, 5) is 155. The second-order valence-electron chi connectivity index (χ2n) is 25.6. The van der Waals surface area contributed by atoms with Gasteiger partial charge in [-0.1, -0.05) is 18.7 Å². The normalized spacial score (nSPS) is 24.1. The highest BCUT2D eigenvalue weighted by atomic mass is 32.1. The van der Waals surface area contributed by atoms with Crippen molar-refractivity contribution in [3.8, 4) is 38.4 Å². The van der Waals surface area contributed by atoms with E-state index in [1.165, 1.54) is 53.3 Å². The van der Waals surface area contributed by atoms with Crippen LogP contribution in [0, 0.1) is 0 Å². The molecule has 8 aromatic rings. The number of hydrogen-bond donors (Lipinski definition) is 9. The lowest BCUT2D eigenvalue weighted by Gasteiger charge is -2.48. The van der Waals surface area contributed by atoms with Gasteiger partial charge in [-0.05, 0) is 59.5 Å². The molecule has 10 atom stereocenters. The van der Waals surface area contributed by atoms with Crippen LogP contribution in [0.3, 0.4) is 0 Å². The predicted molar refractivity (Wildman–Crippen MR) is 382 cm³/mol.